The standard InChI is InChI=1S/C18H24N4OS/c1-14(17(23)21(2)18-20-19-13-24-18)22-10-8-16(9-11-22)12-15-6-4-3-5-7-15/h3-7,13-14,16H,8-12H2,1-2H3/t14-/m0/s1. The quantitative estimate of drug-likeness (QED) is 0.837. The molecule has 5 nitrogen and oxygen atoms in total. The molecule has 1 fully saturated rings. The van der Waals surface area contributed by atoms with Gasteiger partial charge in [0.05, 0.1) is 6.04 Å². The van der Waals surface area contributed by atoms with E-state index in [1.165, 1.54) is 16.9 Å². The van der Waals surface area contributed by atoms with E-state index in [0.29, 0.717) is 11.0 Å². The first-order valence-corrected chi connectivity index (χ1v) is 9.35. The molecule has 24 heavy (non-hydrogen) atoms. The van der Waals surface area contributed by atoms with Gasteiger partial charge in [-0.1, -0.05) is 41.7 Å². The molecule has 1 amide bonds. The van der Waals surface area contributed by atoms with Crippen molar-refractivity contribution in [2.75, 3.05) is 25.0 Å². The first-order valence-electron chi connectivity index (χ1n) is 8.47. The Morgan fingerprint density at radius 1 is 1.33 bits per heavy atom. The maximum atomic E-state index is 12.6. The Labute approximate surface area is 147 Å². The number of likely N-dealkylation sites (N-methyl/N-ethyl adjacent to an activating group) is 1. The fraction of sp³-hybridized carbons (Fsp3) is 0.500. The third-order valence-electron chi connectivity index (χ3n) is 4.89. The predicted octanol–water partition coefficient (Wildman–Crippen LogP) is 2.84. The molecular formula is C18H24N4OS. The van der Waals surface area contributed by atoms with Crippen LogP contribution in [0, 0.1) is 5.92 Å². The van der Waals surface area contributed by atoms with Gasteiger partial charge in [-0.2, -0.15) is 0 Å². The Morgan fingerprint density at radius 2 is 2.04 bits per heavy atom. The lowest BCUT2D eigenvalue weighted by Crippen LogP contribution is -2.49. The fourth-order valence-electron chi connectivity index (χ4n) is 3.34. The molecule has 1 aliphatic heterocycles. The summed E-state index contributed by atoms with van der Waals surface area (Å²) in [5.74, 6) is 0.806. The lowest BCUT2D eigenvalue weighted by Gasteiger charge is -2.36. The van der Waals surface area contributed by atoms with Crippen molar-refractivity contribution in [3.63, 3.8) is 0 Å². The van der Waals surface area contributed by atoms with Crippen LogP contribution in [0.1, 0.15) is 25.3 Å². The zero-order valence-electron chi connectivity index (χ0n) is 14.3. The van der Waals surface area contributed by atoms with Crippen molar-refractivity contribution in [2.24, 2.45) is 5.92 Å². The number of carbonyl (C=O) groups excluding carboxylic acids is 1. The molecule has 1 aromatic heterocycles. The van der Waals surface area contributed by atoms with E-state index in [2.05, 4.69) is 45.4 Å². The molecule has 0 bridgehead atoms. The van der Waals surface area contributed by atoms with E-state index in [0.717, 1.165) is 32.4 Å². The van der Waals surface area contributed by atoms with E-state index >= 15 is 0 Å². The molecule has 0 N–H and O–H groups in total. The van der Waals surface area contributed by atoms with Crippen LogP contribution < -0.4 is 4.90 Å². The van der Waals surface area contributed by atoms with Gasteiger partial charge in [-0.3, -0.25) is 14.6 Å². The van der Waals surface area contributed by atoms with Crippen LogP contribution >= 0.6 is 11.3 Å². The van der Waals surface area contributed by atoms with Crippen LogP contribution in [0.5, 0.6) is 0 Å². The molecule has 0 aliphatic carbocycles. The van der Waals surface area contributed by atoms with Gasteiger partial charge in [-0.15, -0.1) is 10.2 Å². The van der Waals surface area contributed by atoms with Crippen molar-refractivity contribution < 1.29 is 4.79 Å². The summed E-state index contributed by atoms with van der Waals surface area (Å²) in [7, 11) is 1.78. The number of amides is 1. The van der Waals surface area contributed by atoms with Crippen LogP contribution in [0.4, 0.5) is 5.13 Å². The maximum absolute atomic E-state index is 12.6. The average Bonchev–Trinajstić information content (AvgIpc) is 3.16. The number of benzene rings is 1. The summed E-state index contributed by atoms with van der Waals surface area (Å²) in [5.41, 5.74) is 3.06. The zero-order valence-corrected chi connectivity index (χ0v) is 15.1. The lowest BCUT2D eigenvalue weighted by molar-refractivity contribution is -0.123. The smallest absolute Gasteiger partial charge is 0.245 e. The highest BCUT2D eigenvalue weighted by Crippen LogP contribution is 2.24. The van der Waals surface area contributed by atoms with Gasteiger partial charge < -0.3 is 0 Å². The summed E-state index contributed by atoms with van der Waals surface area (Å²) in [6.45, 7) is 3.96. The summed E-state index contributed by atoms with van der Waals surface area (Å²) >= 11 is 1.39. The van der Waals surface area contributed by atoms with Crippen molar-refractivity contribution in [3.05, 3.63) is 41.4 Å². The van der Waals surface area contributed by atoms with Crippen molar-refractivity contribution in [1.82, 2.24) is 15.1 Å². The monoisotopic (exact) mass is 344 g/mol. The number of piperidine rings is 1. The molecule has 128 valence electrons. The molecule has 3 rings (SSSR count). The Hall–Kier alpha value is -1.79. The normalized spacial score (nSPS) is 17.6. The number of hydrogen-bond acceptors (Lipinski definition) is 5. The van der Waals surface area contributed by atoms with E-state index in [1.807, 2.05) is 6.92 Å². The van der Waals surface area contributed by atoms with Gasteiger partial charge in [-0.05, 0) is 50.8 Å². The molecule has 0 spiro atoms. The minimum atomic E-state index is -0.114. The highest BCUT2D eigenvalue weighted by Gasteiger charge is 2.29. The number of nitrogens with zero attached hydrogens (tertiary/aromatic N) is 4. The van der Waals surface area contributed by atoms with Crippen LogP contribution in [0.2, 0.25) is 0 Å². The third-order valence-corrected chi connectivity index (χ3v) is 5.65. The van der Waals surface area contributed by atoms with Gasteiger partial charge in [0, 0.05) is 7.05 Å². The Bertz CT molecular complexity index is 638. The molecule has 2 aromatic rings. The van der Waals surface area contributed by atoms with Gasteiger partial charge in [-0.25, -0.2) is 0 Å². The number of hydrogen-bond donors (Lipinski definition) is 0. The third kappa shape index (κ3) is 3.99. The minimum Gasteiger partial charge on any atom is -0.292 e. The molecule has 1 saturated heterocycles. The number of likely N-dealkylation sites (tertiary alicyclic amines) is 1. The van der Waals surface area contributed by atoms with E-state index in [-0.39, 0.29) is 11.9 Å². The van der Waals surface area contributed by atoms with Crippen molar-refractivity contribution in [1.29, 1.82) is 0 Å². The largest absolute Gasteiger partial charge is 0.292 e. The predicted molar refractivity (Wildman–Crippen MR) is 97.2 cm³/mol. The Morgan fingerprint density at radius 3 is 2.67 bits per heavy atom. The SMILES string of the molecule is C[C@@H](C(=O)N(C)c1nncs1)N1CCC(Cc2ccccc2)CC1. The number of aromatic nitrogens is 2. The molecule has 1 aliphatic rings. The Kier molecular flexibility index (Phi) is 5.58. The van der Waals surface area contributed by atoms with Gasteiger partial charge >= 0.3 is 0 Å². The first-order chi connectivity index (χ1) is 11.6. The molecule has 1 atom stereocenters. The van der Waals surface area contributed by atoms with Crippen molar-refractivity contribution >= 4 is 22.4 Å². The second kappa shape index (κ2) is 7.85. The lowest BCUT2D eigenvalue weighted by atomic mass is 9.89. The van der Waals surface area contributed by atoms with Crippen molar-refractivity contribution in [3.8, 4) is 0 Å². The van der Waals surface area contributed by atoms with Crippen molar-refractivity contribution in [2.45, 2.75) is 32.2 Å². The molecule has 2 heterocycles. The molecule has 0 radical (unpaired) electrons. The van der Waals surface area contributed by atoms with Crippen LogP contribution in [0.25, 0.3) is 0 Å². The van der Waals surface area contributed by atoms with E-state index in [9.17, 15) is 4.79 Å². The van der Waals surface area contributed by atoms with Crippen LogP contribution in [0.15, 0.2) is 35.8 Å². The second-order valence-electron chi connectivity index (χ2n) is 6.46. The summed E-state index contributed by atoms with van der Waals surface area (Å²) in [6.07, 6.45) is 3.44. The highest BCUT2D eigenvalue weighted by atomic mass is 32.1. The van der Waals surface area contributed by atoms with Crippen LogP contribution in [0.3, 0.4) is 0 Å². The van der Waals surface area contributed by atoms with Gasteiger partial charge in [0.15, 0.2) is 0 Å². The number of anilines is 1. The molecule has 6 heteroatoms. The molecule has 0 unspecified atom stereocenters. The fourth-order valence-corrected chi connectivity index (χ4v) is 3.87. The second-order valence-corrected chi connectivity index (χ2v) is 7.28. The van der Waals surface area contributed by atoms with Gasteiger partial charge in [0.25, 0.3) is 0 Å². The van der Waals surface area contributed by atoms with Gasteiger partial charge in [0.2, 0.25) is 11.0 Å². The summed E-state index contributed by atoms with van der Waals surface area (Å²) in [5, 5.41) is 8.45. The summed E-state index contributed by atoms with van der Waals surface area (Å²) < 4.78 is 0. The average molecular weight is 344 g/mol. The minimum absolute atomic E-state index is 0.0910. The molecule has 0 saturated carbocycles. The number of rotatable bonds is 5. The number of carbonyl (C=O) groups is 1. The van der Waals surface area contributed by atoms with E-state index in [4.69, 9.17) is 0 Å². The Balaban J connectivity index is 1.51. The highest BCUT2D eigenvalue weighted by molar-refractivity contribution is 7.13. The van der Waals surface area contributed by atoms with Crippen LogP contribution in [-0.2, 0) is 11.2 Å². The van der Waals surface area contributed by atoms with E-state index in [1.54, 1.807) is 17.5 Å². The van der Waals surface area contributed by atoms with E-state index < -0.39 is 0 Å². The van der Waals surface area contributed by atoms with Crippen LogP contribution in [-0.4, -0.2) is 47.2 Å². The topological polar surface area (TPSA) is 49.3 Å². The summed E-state index contributed by atoms with van der Waals surface area (Å²) in [4.78, 5) is 16.6. The molecule has 1 aromatic carbocycles. The molecular weight excluding hydrogens is 320 g/mol. The summed E-state index contributed by atoms with van der Waals surface area (Å²) in [6, 6.07) is 10.6. The maximum Gasteiger partial charge on any atom is 0.245 e. The first kappa shape index (κ1) is 17.0. The zero-order chi connectivity index (χ0) is 16.9. The van der Waals surface area contributed by atoms with Gasteiger partial charge in [0.1, 0.15) is 5.51 Å².